The minimum atomic E-state index is -0.0747. The van der Waals surface area contributed by atoms with Crippen LogP contribution in [-0.4, -0.2) is 19.8 Å². The predicted octanol–water partition coefficient (Wildman–Crippen LogP) is 3.09. The number of hydrogen-bond donors (Lipinski definition) is 1. The third-order valence-corrected chi connectivity index (χ3v) is 3.04. The lowest BCUT2D eigenvalue weighted by Crippen LogP contribution is -2.19. The Bertz CT molecular complexity index is 513. The van der Waals surface area contributed by atoms with Gasteiger partial charge in [-0.2, -0.15) is 0 Å². The summed E-state index contributed by atoms with van der Waals surface area (Å²) in [5.74, 6) is 0.857. The number of benzene rings is 2. The molecule has 20 heavy (non-hydrogen) atoms. The largest absolute Gasteiger partial charge is 0.491 e. The van der Waals surface area contributed by atoms with Crippen LogP contribution in [0.3, 0.4) is 0 Å². The third kappa shape index (κ3) is 4.37. The van der Waals surface area contributed by atoms with Gasteiger partial charge in [0.1, 0.15) is 12.4 Å². The van der Waals surface area contributed by atoms with Crippen molar-refractivity contribution >= 4 is 0 Å². The van der Waals surface area contributed by atoms with Crippen LogP contribution < -0.4 is 10.5 Å². The lowest BCUT2D eigenvalue weighted by Gasteiger charge is -2.17. The van der Waals surface area contributed by atoms with E-state index in [0.717, 1.165) is 11.3 Å². The number of nitrogens with two attached hydrogens (primary N) is 1. The summed E-state index contributed by atoms with van der Waals surface area (Å²) in [6.45, 7) is 3.57. The van der Waals surface area contributed by atoms with Gasteiger partial charge >= 0.3 is 0 Å². The van der Waals surface area contributed by atoms with Crippen LogP contribution in [0.25, 0.3) is 0 Å². The Hall–Kier alpha value is -1.84. The molecule has 1 unspecified atom stereocenters. The number of hydrogen-bond acceptors (Lipinski definition) is 3. The van der Waals surface area contributed by atoms with Crippen LogP contribution in [0.5, 0.6) is 5.75 Å². The molecule has 3 heteroatoms. The zero-order valence-corrected chi connectivity index (χ0v) is 11.8. The summed E-state index contributed by atoms with van der Waals surface area (Å²) in [5.41, 5.74) is 8.11. The summed E-state index contributed by atoms with van der Waals surface area (Å²) in [6.07, 6.45) is -0.0747. The molecule has 0 radical (unpaired) electrons. The highest BCUT2D eigenvalue weighted by Gasteiger charge is 2.09. The maximum absolute atomic E-state index is 5.80. The average molecular weight is 271 g/mol. The number of rotatable bonds is 7. The normalized spacial score (nSPS) is 12.1. The molecule has 0 saturated carbocycles. The zero-order chi connectivity index (χ0) is 14.2. The average Bonchev–Trinajstić information content (AvgIpc) is 2.48. The molecule has 0 fully saturated rings. The van der Waals surface area contributed by atoms with Crippen LogP contribution in [-0.2, 0) is 4.74 Å². The molecule has 2 N–H and O–H groups in total. The van der Waals surface area contributed by atoms with Crippen LogP contribution in [0.1, 0.15) is 17.2 Å². The van der Waals surface area contributed by atoms with Gasteiger partial charge in [0.05, 0.1) is 12.7 Å². The van der Waals surface area contributed by atoms with Gasteiger partial charge in [-0.15, -0.1) is 0 Å². The summed E-state index contributed by atoms with van der Waals surface area (Å²) in [6, 6.07) is 18.0. The Labute approximate surface area is 120 Å². The van der Waals surface area contributed by atoms with Crippen molar-refractivity contribution in [2.45, 2.75) is 13.0 Å². The highest BCUT2D eigenvalue weighted by molar-refractivity contribution is 5.24. The van der Waals surface area contributed by atoms with Gasteiger partial charge in [0.2, 0.25) is 0 Å². The first-order valence-corrected chi connectivity index (χ1v) is 6.85. The van der Waals surface area contributed by atoms with Gasteiger partial charge < -0.3 is 15.2 Å². The first-order chi connectivity index (χ1) is 9.79. The van der Waals surface area contributed by atoms with Crippen LogP contribution in [0, 0.1) is 6.92 Å². The molecule has 1 atom stereocenters. The van der Waals surface area contributed by atoms with Crippen molar-refractivity contribution in [1.82, 2.24) is 0 Å². The zero-order valence-electron chi connectivity index (χ0n) is 11.8. The molecule has 0 aromatic heterocycles. The summed E-state index contributed by atoms with van der Waals surface area (Å²) in [5, 5.41) is 0. The molecule has 2 rings (SSSR count). The number of para-hydroxylation sites is 1. The standard InChI is InChI=1S/C17H21NO2/c1-14-6-5-7-15(12-14)17(13-18)20-11-10-19-16-8-3-2-4-9-16/h2-9,12,17H,10-11,13,18H2,1H3. The maximum Gasteiger partial charge on any atom is 0.119 e. The lowest BCUT2D eigenvalue weighted by atomic mass is 10.1. The summed E-state index contributed by atoms with van der Waals surface area (Å²) in [4.78, 5) is 0. The Balaban J connectivity index is 1.80. The molecule has 0 spiro atoms. The lowest BCUT2D eigenvalue weighted by molar-refractivity contribution is 0.0380. The van der Waals surface area contributed by atoms with Crippen LogP contribution in [0.4, 0.5) is 0 Å². The van der Waals surface area contributed by atoms with Gasteiger partial charge in [-0.3, -0.25) is 0 Å². The van der Waals surface area contributed by atoms with Crippen molar-refractivity contribution in [3.8, 4) is 5.75 Å². The monoisotopic (exact) mass is 271 g/mol. The highest BCUT2D eigenvalue weighted by atomic mass is 16.5. The maximum atomic E-state index is 5.80. The topological polar surface area (TPSA) is 44.5 Å². The molecular formula is C17H21NO2. The molecule has 3 nitrogen and oxygen atoms in total. The van der Waals surface area contributed by atoms with E-state index in [1.165, 1.54) is 5.56 Å². The molecule has 0 bridgehead atoms. The smallest absolute Gasteiger partial charge is 0.119 e. The minimum absolute atomic E-state index is 0.0747. The molecule has 0 heterocycles. The fourth-order valence-corrected chi connectivity index (χ4v) is 2.04. The highest BCUT2D eigenvalue weighted by Crippen LogP contribution is 2.17. The molecule has 106 valence electrons. The van der Waals surface area contributed by atoms with Gasteiger partial charge in [0, 0.05) is 6.54 Å². The van der Waals surface area contributed by atoms with E-state index in [2.05, 4.69) is 19.1 Å². The summed E-state index contributed by atoms with van der Waals surface area (Å²) in [7, 11) is 0. The van der Waals surface area contributed by atoms with Crippen molar-refractivity contribution in [2.24, 2.45) is 5.73 Å². The molecule has 2 aromatic carbocycles. The van der Waals surface area contributed by atoms with Gasteiger partial charge in [0.25, 0.3) is 0 Å². The molecular weight excluding hydrogens is 250 g/mol. The summed E-state index contributed by atoms with van der Waals surface area (Å²) >= 11 is 0. The van der Waals surface area contributed by atoms with E-state index in [0.29, 0.717) is 19.8 Å². The van der Waals surface area contributed by atoms with Crippen LogP contribution in [0.15, 0.2) is 54.6 Å². The Morgan fingerprint density at radius 2 is 1.80 bits per heavy atom. The SMILES string of the molecule is Cc1cccc(C(CN)OCCOc2ccccc2)c1. The molecule has 0 aliphatic rings. The van der Waals surface area contributed by atoms with Crippen molar-refractivity contribution in [2.75, 3.05) is 19.8 Å². The van der Waals surface area contributed by atoms with E-state index >= 15 is 0 Å². The molecule has 0 saturated heterocycles. The third-order valence-electron chi connectivity index (χ3n) is 3.04. The van der Waals surface area contributed by atoms with E-state index in [9.17, 15) is 0 Å². The molecule has 0 amide bonds. The Morgan fingerprint density at radius 1 is 1.00 bits per heavy atom. The second kappa shape index (κ2) is 7.68. The predicted molar refractivity (Wildman–Crippen MR) is 80.9 cm³/mol. The first-order valence-electron chi connectivity index (χ1n) is 6.85. The van der Waals surface area contributed by atoms with E-state index in [1.54, 1.807) is 0 Å². The Morgan fingerprint density at radius 3 is 2.50 bits per heavy atom. The van der Waals surface area contributed by atoms with E-state index < -0.39 is 0 Å². The fourth-order valence-electron chi connectivity index (χ4n) is 2.04. The fraction of sp³-hybridized carbons (Fsp3) is 0.294. The first kappa shape index (κ1) is 14.6. The second-order valence-corrected chi connectivity index (χ2v) is 4.67. The molecule has 0 aliphatic carbocycles. The second-order valence-electron chi connectivity index (χ2n) is 4.67. The van der Waals surface area contributed by atoms with Crippen molar-refractivity contribution in [3.05, 3.63) is 65.7 Å². The van der Waals surface area contributed by atoms with Gasteiger partial charge in [0.15, 0.2) is 0 Å². The van der Waals surface area contributed by atoms with Crippen molar-refractivity contribution < 1.29 is 9.47 Å². The quantitative estimate of drug-likeness (QED) is 0.787. The van der Waals surface area contributed by atoms with E-state index in [1.807, 2.05) is 42.5 Å². The Kier molecular flexibility index (Phi) is 5.59. The van der Waals surface area contributed by atoms with Crippen molar-refractivity contribution in [3.63, 3.8) is 0 Å². The summed E-state index contributed by atoms with van der Waals surface area (Å²) < 4.78 is 11.4. The number of aryl methyl sites for hydroxylation is 1. The van der Waals surface area contributed by atoms with Gasteiger partial charge in [-0.05, 0) is 24.6 Å². The number of ether oxygens (including phenoxy) is 2. The van der Waals surface area contributed by atoms with E-state index in [-0.39, 0.29) is 6.10 Å². The van der Waals surface area contributed by atoms with Gasteiger partial charge in [-0.1, -0.05) is 48.0 Å². The van der Waals surface area contributed by atoms with Crippen LogP contribution in [0.2, 0.25) is 0 Å². The van der Waals surface area contributed by atoms with Gasteiger partial charge in [-0.25, -0.2) is 0 Å². The molecule has 2 aromatic rings. The van der Waals surface area contributed by atoms with E-state index in [4.69, 9.17) is 15.2 Å². The molecule has 0 aliphatic heterocycles. The van der Waals surface area contributed by atoms with Crippen LogP contribution >= 0.6 is 0 Å². The minimum Gasteiger partial charge on any atom is -0.491 e. The van der Waals surface area contributed by atoms with Crippen molar-refractivity contribution in [1.29, 1.82) is 0 Å².